The number of nitrogens with zero attached hydrogens (tertiary/aromatic N) is 2. The van der Waals surface area contributed by atoms with Crippen molar-refractivity contribution in [1.82, 2.24) is 9.88 Å². The zero-order valence-corrected chi connectivity index (χ0v) is 22.1. The van der Waals surface area contributed by atoms with Crippen molar-refractivity contribution in [1.29, 1.82) is 0 Å². The number of anilines is 1. The predicted molar refractivity (Wildman–Crippen MR) is 154 cm³/mol. The summed E-state index contributed by atoms with van der Waals surface area (Å²) in [6, 6.07) is 28.6. The minimum absolute atomic E-state index is 0.611. The molecule has 3 aromatic carbocycles. The van der Waals surface area contributed by atoms with Crippen LogP contribution in [-0.2, 0) is 6.42 Å². The number of rotatable bonds is 11. The zero-order valence-electron chi connectivity index (χ0n) is 22.1. The third-order valence-corrected chi connectivity index (χ3v) is 6.47. The largest absolute Gasteiger partial charge is 0.497 e. The number of pyridine rings is 1. The third-order valence-electron chi connectivity index (χ3n) is 6.47. The average Bonchev–Trinajstić information content (AvgIpc) is 3.35. The second kappa shape index (κ2) is 11.8. The van der Waals surface area contributed by atoms with Crippen molar-refractivity contribution in [2.24, 2.45) is 0 Å². The highest BCUT2D eigenvalue weighted by Gasteiger charge is 2.21. The van der Waals surface area contributed by atoms with E-state index < -0.39 is 0 Å². The number of fused-ring (bicyclic) bond motifs is 1. The number of benzene rings is 3. The first-order valence-electron chi connectivity index (χ1n) is 12.8. The van der Waals surface area contributed by atoms with Gasteiger partial charge in [-0.2, -0.15) is 0 Å². The molecule has 0 radical (unpaired) electrons. The molecule has 194 valence electrons. The number of ether oxygens (including phenoxy) is 2. The Balaban J connectivity index is 1.45. The van der Waals surface area contributed by atoms with Crippen molar-refractivity contribution in [2.45, 2.75) is 6.42 Å². The Hall–Kier alpha value is -4.29. The maximum absolute atomic E-state index is 6.41. The lowest BCUT2D eigenvalue weighted by molar-refractivity contribution is 0.261. The number of aromatic nitrogens is 1. The van der Waals surface area contributed by atoms with Crippen LogP contribution in [0, 0.1) is 0 Å². The summed E-state index contributed by atoms with van der Waals surface area (Å²) in [5, 5.41) is 4.61. The zero-order chi connectivity index (χ0) is 26.3. The number of nitrogens with one attached hydrogen (secondary N) is 1. The van der Waals surface area contributed by atoms with Crippen LogP contribution in [0.5, 0.6) is 11.5 Å². The van der Waals surface area contributed by atoms with Crippen LogP contribution in [0.1, 0.15) is 5.56 Å². The van der Waals surface area contributed by atoms with E-state index in [2.05, 4.69) is 39.5 Å². The van der Waals surface area contributed by atoms with E-state index in [0.717, 1.165) is 64.5 Å². The van der Waals surface area contributed by atoms with Crippen LogP contribution in [0.4, 0.5) is 5.69 Å². The lowest BCUT2D eigenvalue weighted by Crippen LogP contribution is -2.19. The molecule has 0 aliphatic carbocycles. The average molecular weight is 508 g/mol. The second-order valence-corrected chi connectivity index (χ2v) is 9.41. The van der Waals surface area contributed by atoms with Gasteiger partial charge in [0, 0.05) is 36.1 Å². The topological polar surface area (TPSA) is 59.8 Å². The van der Waals surface area contributed by atoms with Gasteiger partial charge in [0.25, 0.3) is 0 Å². The van der Waals surface area contributed by atoms with Crippen LogP contribution >= 0.6 is 0 Å². The van der Waals surface area contributed by atoms with Crippen molar-refractivity contribution in [3.8, 4) is 33.9 Å². The van der Waals surface area contributed by atoms with Gasteiger partial charge >= 0.3 is 0 Å². The normalized spacial score (nSPS) is 11.2. The Morgan fingerprint density at radius 1 is 0.842 bits per heavy atom. The lowest BCUT2D eigenvalue weighted by Gasteiger charge is -2.11. The van der Waals surface area contributed by atoms with Gasteiger partial charge in [-0.25, -0.2) is 4.98 Å². The molecule has 6 heteroatoms. The molecule has 0 aliphatic heterocycles. The molecular weight excluding hydrogens is 474 g/mol. The number of methoxy groups -OCH3 is 1. The van der Waals surface area contributed by atoms with Crippen molar-refractivity contribution in [3.63, 3.8) is 0 Å². The summed E-state index contributed by atoms with van der Waals surface area (Å²) in [6.07, 6.45) is 2.68. The van der Waals surface area contributed by atoms with Crippen LogP contribution < -0.4 is 14.8 Å². The first-order valence-corrected chi connectivity index (χ1v) is 12.8. The highest BCUT2D eigenvalue weighted by molar-refractivity contribution is 6.06. The maximum atomic E-state index is 6.41. The van der Waals surface area contributed by atoms with Crippen LogP contribution in [0.25, 0.3) is 33.6 Å². The van der Waals surface area contributed by atoms with E-state index in [4.69, 9.17) is 13.9 Å². The first kappa shape index (κ1) is 25.4. The van der Waals surface area contributed by atoms with Crippen LogP contribution in [0.3, 0.4) is 0 Å². The fourth-order valence-corrected chi connectivity index (χ4v) is 4.44. The van der Waals surface area contributed by atoms with Crippen molar-refractivity contribution < 1.29 is 13.9 Å². The molecular formula is C32H33N3O3. The fourth-order valence-electron chi connectivity index (χ4n) is 4.44. The molecule has 2 heterocycles. The molecule has 5 aromatic rings. The predicted octanol–water partition coefficient (Wildman–Crippen LogP) is 6.77. The van der Waals surface area contributed by atoms with Crippen molar-refractivity contribution in [2.75, 3.05) is 46.2 Å². The Labute approximate surface area is 223 Å². The monoisotopic (exact) mass is 507 g/mol. The summed E-state index contributed by atoms with van der Waals surface area (Å²) < 4.78 is 17.6. The van der Waals surface area contributed by atoms with E-state index in [1.807, 2.05) is 74.8 Å². The number of hydrogen-bond donors (Lipinski definition) is 1. The molecule has 0 bridgehead atoms. The molecule has 0 saturated carbocycles. The summed E-state index contributed by atoms with van der Waals surface area (Å²) in [5.41, 5.74) is 5.94. The highest BCUT2D eigenvalue weighted by Crippen LogP contribution is 2.43. The van der Waals surface area contributed by atoms with Crippen molar-refractivity contribution in [3.05, 3.63) is 96.7 Å². The molecule has 6 nitrogen and oxygen atoms in total. The van der Waals surface area contributed by atoms with E-state index >= 15 is 0 Å². The van der Waals surface area contributed by atoms with Gasteiger partial charge in [-0.3, -0.25) is 0 Å². The summed E-state index contributed by atoms with van der Waals surface area (Å²) in [5.74, 6) is 2.50. The molecule has 0 saturated heterocycles. The van der Waals surface area contributed by atoms with E-state index in [1.165, 1.54) is 5.56 Å². The standard InChI is InChI=1S/C32H33N3O3/c1-35(2)21-22-37-27-15-11-25(12-16-27)31-29(24-7-5-4-6-8-24)30-28(18-20-34-32(30)38-31)33-19-17-23-9-13-26(36-3)14-10-23/h4-16,18,20H,17,19,21-22H2,1-3H3,(H,33,34). The lowest BCUT2D eigenvalue weighted by atomic mass is 9.98. The van der Waals surface area contributed by atoms with Crippen molar-refractivity contribution >= 4 is 16.8 Å². The fraction of sp³-hybridized carbons (Fsp3) is 0.219. The summed E-state index contributed by atoms with van der Waals surface area (Å²) in [7, 11) is 5.76. The van der Waals surface area contributed by atoms with Gasteiger partial charge in [0.1, 0.15) is 23.9 Å². The summed E-state index contributed by atoms with van der Waals surface area (Å²) in [4.78, 5) is 6.69. The maximum Gasteiger partial charge on any atom is 0.229 e. The molecule has 0 fully saturated rings. The van der Waals surface area contributed by atoms with E-state index in [9.17, 15) is 0 Å². The van der Waals surface area contributed by atoms with Gasteiger partial charge in [0.2, 0.25) is 5.71 Å². The third kappa shape index (κ3) is 5.82. The Kier molecular flexibility index (Phi) is 7.90. The molecule has 38 heavy (non-hydrogen) atoms. The molecule has 0 amide bonds. The molecule has 0 aliphatic rings. The molecule has 0 unspecified atom stereocenters. The molecule has 5 rings (SSSR count). The van der Waals surface area contributed by atoms with Gasteiger partial charge in [0.05, 0.1) is 12.5 Å². The quantitative estimate of drug-likeness (QED) is 0.213. The number of likely N-dealkylation sites (N-methyl/N-ethyl adjacent to an activating group) is 1. The smallest absolute Gasteiger partial charge is 0.229 e. The number of hydrogen-bond acceptors (Lipinski definition) is 6. The van der Waals surface area contributed by atoms with E-state index in [1.54, 1.807) is 13.3 Å². The highest BCUT2D eigenvalue weighted by atomic mass is 16.5. The van der Waals surface area contributed by atoms with Gasteiger partial charge in [-0.05, 0) is 74.1 Å². The molecule has 1 N–H and O–H groups in total. The number of furan rings is 1. The molecule has 0 atom stereocenters. The van der Waals surface area contributed by atoms with E-state index in [0.29, 0.717) is 12.3 Å². The Morgan fingerprint density at radius 2 is 1.58 bits per heavy atom. The SMILES string of the molecule is COc1ccc(CCNc2ccnc3oc(-c4ccc(OCCN(C)C)cc4)c(-c4ccccc4)c23)cc1. The van der Waals surface area contributed by atoms with Crippen LogP contribution in [0.15, 0.2) is 95.5 Å². The van der Waals surface area contributed by atoms with Crippen LogP contribution in [0.2, 0.25) is 0 Å². The Morgan fingerprint density at radius 3 is 2.29 bits per heavy atom. The van der Waals surface area contributed by atoms with Gasteiger partial charge in [-0.15, -0.1) is 0 Å². The minimum Gasteiger partial charge on any atom is -0.497 e. The van der Waals surface area contributed by atoms with Crippen LogP contribution in [-0.4, -0.2) is 50.8 Å². The summed E-state index contributed by atoms with van der Waals surface area (Å²) in [6.45, 7) is 2.28. The Bertz CT molecular complexity index is 1460. The molecule has 0 spiro atoms. The van der Waals surface area contributed by atoms with Gasteiger partial charge < -0.3 is 24.1 Å². The molecule has 2 aromatic heterocycles. The van der Waals surface area contributed by atoms with E-state index in [-0.39, 0.29) is 0 Å². The second-order valence-electron chi connectivity index (χ2n) is 9.41. The summed E-state index contributed by atoms with van der Waals surface area (Å²) >= 11 is 0. The minimum atomic E-state index is 0.611. The van der Waals surface area contributed by atoms with Gasteiger partial charge in [-0.1, -0.05) is 42.5 Å². The van der Waals surface area contributed by atoms with Gasteiger partial charge in [0.15, 0.2) is 0 Å². The first-order chi connectivity index (χ1) is 18.6.